The van der Waals surface area contributed by atoms with Gasteiger partial charge >= 0.3 is 0 Å². The Balaban J connectivity index is 1.61. The Labute approximate surface area is 220 Å². The quantitative estimate of drug-likeness (QED) is 0.222. The van der Waals surface area contributed by atoms with Crippen molar-refractivity contribution in [2.24, 2.45) is 0 Å². The molecular formula is C29H28ClN3O2S. The van der Waals surface area contributed by atoms with Crippen molar-refractivity contribution >= 4 is 40.2 Å². The highest BCUT2D eigenvalue weighted by molar-refractivity contribution is 7.98. The normalized spacial score (nSPS) is 13.8. The molecule has 3 aromatic carbocycles. The number of benzene rings is 3. The first-order chi connectivity index (χ1) is 17.4. The van der Waals surface area contributed by atoms with Crippen LogP contribution >= 0.6 is 23.4 Å². The van der Waals surface area contributed by atoms with Gasteiger partial charge in [-0.25, -0.2) is 4.98 Å². The van der Waals surface area contributed by atoms with E-state index in [4.69, 9.17) is 16.6 Å². The zero-order valence-corrected chi connectivity index (χ0v) is 22.0. The second kappa shape index (κ2) is 10.5. The van der Waals surface area contributed by atoms with Crippen molar-refractivity contribution in [3.63, 3.8) is 0 Å². The van der Waals surface area contributed by atoms with Crippen molar-refractivity contribution in [2.45, 2.75) is 44.0 Å². The average molecular weight is 518 g/mol. The molecule has 0 aliphatic carbocycles. The van der Waals surface area contributed by atoms with Crippen LogP contribution in [0, 0.1) is 13.8 Å². The van der Waals surface area contributed by atoms with E-state index in [9.17, 15) is 9.59 Å². The van der Waals surface area contributed by atoms with Gasteiger partial charge in [-0.05, 0) is 92.3 Å². The van der Waals surface area contributed by atoms with Crippen LogP contribution in [0.5, 0.6) is 0 Å². The molecule has 5 nitrogen and oxygen atoms in total. The molecule has 1 fully saturated rings. The number of aryl methyl sites for hydroxylation is 2. The summed E-state index contributed by atoms with van der Waals surface area (Å²) in [5.74, 6) is 0.611. The summed E-state index contributed by atoms with van der Waals surface area (Å²) < 4.78 is 1.68. The number of rotatable bonds is 5. The lowest BCUT2D eigenvalue weighted by Crippen LogP contribution is -2.35. The Hall–Kier alpha value is -3.09. The number of fused-ring (bicyclic) bond motifs is 1. The van der Waals surface area contributed by atoms with E-state index in [-0.39, 0.29) is 11.5 Å². The largest absolute Gasteiger partial charge is 0.339 e. The van der Waals surface area contributed by atoms with Crippen LogP contribution in [0.15, 0.2) is 70.6 Å². The number of likely N-dealkylation sites (tertiary alicyclic amines) is 1. The predicted octanol–water partition coefficient (Wildman–Crippen LogP) is 6.57. The van der Waals surface area contributed by atoms with Crippen LogP contribution in [-0.4, -0.2) is 33.4 Å². The van der Waals surface area contributed by atoms with Gasteiger partial charge in [0.1, 0.15) is 0 Å². The molecule has 4 aromatic rings. The van der Waals surface area contributed by atoms with E-state index in [2.05, 4.69) is 6.07 Å². The van der Waals surface area contributed by atoms with Crippen LogP contribution in [0.4, 0.5) is 0 Å². The zero-order chi connectivity index (χ0) is 25.2. The topological polar surface area (TPSA) is 55.2 Å². The Morgan fingerprint density at radius 2 is 1.72 bits per heavy atom. The molecule has 1 amide bonds. The molecule has 36 heavy (non-hydrogen) atoms. The van der Waals surface area contributed by atoms with E-state index in [1.54, 1.807) is 22.8 Å². The van der Waals surface area contributed by atoms with Crippen molar-refractivity contribution < 1.29 is 4.79 Å². The number of aromatic nitrogens is 2. The van der Waals surface area contributed by atoms with Gasteiger partial charge in [-0.15, -0.1) is 0 Å². The molecule has 1 aromatic heterocycles. The number of piperidine rings is 1. The summed E-state index contributed by atoms with van der Waals surface area (Å²) in [4.78, 5) is 33.7. The number of carbonyl (C=O) groups excluding carboxylic acids is 1. The minimum atomic E-state index is -0.143. The number of carbonyl (C=O) groups is 1. The van der Waals surface area contributed by atoms with Gasteiger partial charge in [0.25, 0.3) is 11.5 Å². The van der Waals surface area contributed by atoms with E-state index in [0.717, 1.165) is 54.7 Å². The standard InChI is InChI=1S/C29H28ClN3O2S/c1-19-13-20(2)15-24(14-19)33-28(35)25-10-9-22(27(34)32-11-4-3-5-12-32)17-26(25)31-29(33)36-18-21-7-6-8-23(30)16-21/h6-10,13-17H,3-5,11-12,18H2,1-2H3. The summed E-state index contributed by atoms with van der Waals surface area (Å²) in [5, 5.41) is 1.75. The number of nitrogens with zero attached hydrogens (tertiary/aromatic N) is 3. The van der Waals surface area contributed by atoms with Crippen molar-refractivity contribution in [1.82, 2.24) is 14.5 Å². The molecule has 7 heteroatoms. The predicted molar refractivity (Wildman–Crippen MR) is 148 cm³/mol. The van der Waals surface area contributed by atoms with Gasteiger partial charge in [0.2, 0.25) is 0 Å². The molecule has 1 saturated heterocycles. The minimum absolute atomic E-state index is 0.00465. The molecule has 0 radical (unpaired) electrons. The molecule has 0 spiro atoms. The van der Waals surface area contributed by atoms with Gasteiger partial charge < -0.3 is 4.90 Å². The Kier molecular flexibility index (Phi) is 7.17. The maximum absolute atomic E-state index is 13.8. The van der Waals surface area contributed by atoms with E-state index in [0.29, 0.717) is 32.4 Å². The molecule has 1 aliphatic heterocycles. The van der Waals surface area contributed by atoms with Crippen molar-refractivity contribution in [2.75, 3.05) is 13.1 Å². The van der Waals surface area contributed by atoms with Crippen LogP contribution in [0.25, 0.3) is 16.6 Å². The SMILES string of the molecule is Cc1cc(C)cc(-n2c(SCc3cccc(Cl)c3)nc3cc(C(=O)N4CCCCC4)ccc3c2=O)c1. The van der Waals surface area contributed by atoms with Crippen LogP contribution in [0.1, 0.15) is 46.3 Å². The van der Waals surface area contributed by atoms with Gasteiger partial charge in [0.15, 0.2) is 5.16 Å². The fourth-order valence-corrected chi connectivity index (χ4v) is 5.93. The van der Waals surface area contributed by atoms with Gasteiger partial charge in [-0.2, -0.15) is 0 Å². The maximum atomic E-state index is 13.8. The Morgan fingerprint density at radius 1 is 0.972 bits per heavy atom. The molecule has 5 rings (SSSR count). The van der Waals surface area contributed by atoms with Crippen LogP contribution < -0.4 is 5.56 Å². The van der Waals surface area contributed by atoms with Gasteiger partial charge in [-0.1, -0.05) is 41.6 Å². The van der Waals surface area contributed by atoms with Gasteiger partial charge in [-0.3, -0.25) is 14.2 Å². The lowest BCUT2D eigenvalue weighted by Gasteiger charge is -2.26. The molecule has 0 saturated carbocycles. The lowest BCUT2D eigenvalue weighted by molar-refractivity contribution is 0.0724. The number of halogens is 1. The van der Waals surface area contributed by atoms with Crippen LogP contribution in [0.3, 0.4) is 0 Å². The van der Waals surface area contributed by atoms with Crippen molar-refractivity contribution in [1.29, 1.82) is 0 Å². The van der Waals surface area contributed by atoms with Crippen LogP contribution in [-0.2, 0) is 5.75 Å². The van der Waals surface area contributed by atoms with Gasteiger partial charge in [0.05, 0.1) is 16.6 Å². The highest BCUT2D eigenvalue weighted by atomic mass is 35.5. The van der Waals surface area contributed by atoms with E-state index in [1.165, 1.54) is 11.8 Å². The Bertz CT molecular complexity index is 1490. The summed E-state index contributed by atoms with van der Waals surface area (Å²) in [5.41, 5.74) is 4.95. The van der Waals surface area contributed by atoms with Gasteiger partial charge in [0, 0.05) is 29.4 Å². The molecular weight excluding hydrogens is 490 g/mol. The third-order valence-electron chi connectivity index (χ3n) is 6.45. The third kappa shape index (κ3) is 5.20. The molecule has 0 bridgehead atoms. The second-order valence-electron chi connectivity index (χ2n) is 9.38. The summed E-state index contributed by atoms with van der Waals surface area (Å²) in [7, 11) is 0. The molecule has 2 heterocycles. The van der Waals surface area contributed by atoms with E-state index < -0.39 is 0 Å². The van der Waals surface area contributed by atoms with Crippen LogP contribution in [0.2, 0.25) is 5.02 Å². The number of hydrogen-bond acceptors (Lipinski definition) is 4. The molecule has 0 atom stereocenters. The summed E-state index contributed by atoms with van der Waals surface area (Å²) in [6, 6.07) is 19.0. The second-order valence-corrected chi connectivity index (χ2v) is 10.8. The van der Waals surface area contributed by atoms with Crippen molar-refractivity contribution in [3.8, 4) is 5.69 Å². The smallest absolute Gasteiger partial charge is 0.266 e. The number of hydrogen-bond donors (Lipinski definition) is 0. The minimum Gasteiger partial charge on any atom is -0.339 e. The zero-order valence-electron chi connectivity index (χ0n) is 20.5. The third-order valence-corrected chi connectivity index (χ3v) is 7.70. The lowest BCUT2D eigenvalue weighted by atomic mass is 10.1. The molecule has 184 valence electrons. The monoisotopic (exact) mass is 517 g/mol. The molecule has 0 N–H and O–H groups in total. The maximum Gasteiger partial charge on any atom is 0.266 e. The first-order valence-corrected chi connectivity index (χ1v) is 13.6. The summed E-state index contributed by atoms with van der Waals surface area (Å²) in [6.07, 6.45) is 3.22. The molecule has 0 unspecified atom stereocenters. The van der Waals surface area contributed by atoms with Crippen molar-refractivity contribution in [3.05, 3.63) is 98.3 Å². The number of amides is 1. The number of thioether (sulfide) groups is 1. The first kappa shape index (κ1) is 24.6. The van der Waals surface area contributed by atoms with E-state index in [1.807, 2.05) is 55.1 Å². The molecule has 1 aliphatic rings. The Morgan fingerprint density at radius 3 is 2.44 bits per heavy atom. The summed E-state index contributed by atoms with van der Waals surface area (Å²) >= 11 is 7.67. The first-order valence-electron chi connectivity index (χ1n) is 12.2. The highest BCUT2D eigenvalue weighted by Gasteiger charge is 2.20. The summed E-state index contributed by atoms with van der Waals surface area (Å²) in [6.45, 7) is 5.60. The van der Waals surface area contributed by atoms with E-state index >= 15 is 0 Å². The highest BCUT2D eigenvalue weighted by Crippen LogP contribution is 2.27. The fourth-order valence-electron chi connectivity index (χ4n) is 4.76. The average Bonchev–Trinajstić information content (AvgIpc) is 2.86. The fraction of sp³-hybridized carbons (Fsp3) is 0.276.